The molecular weight excluding hydrogens is 178 g/mol. The van der Waals surface area contributed by atoms with Crippen LogP contribution in [0, 0.1) is 0 Å². The van der Waals surface area contributed by atoms with Crippen LogP contribution in [0.3, 0.4) is 0 Å². The van der Waals surface area contributed by atoms with Gasteiger partial charge in [-0.2, -0.15) is 0 Å². The van der Waals surface area contributed by atoms with Crippen molar-refractivity contribution < 1.29 is 4.79 Å². The predicted molar refractivity (Wildman–Crippen MR) is 52.5 cm³/mol. The van der Waals surface area contributed by atoms with Gasteiger partial charge < -0.3 is 10.7 Å². The summed E-state index contributed by atoms with van der Waals surface area (Å²) in [6, 6.07) is 6.97. The van der Waals surface area contributed by atoms with Crippen molar-refractivity contribution in [2.45, 2.75) is 0 Å². The Morgan fingerprint density at radius 1 is 1.29 bits per heavy atom. The summed E-state index contributed by atoms with van der Waals surface area (Å²) in [7, 11) is 0. The third kappa shape index (κ3) is 1.50. The molecule has 1 amide bonds. The molecule has 2 rings (SSSR count). The number of nitrogens with zero attached hydrogens (tertiary/aromatic N) is 1. The zero-order valence-corrected chi connectivity index (χ0v) is 7.40. The quantitative estimate of drug-likeness (QED) is 0.740. The zero-order valence-electron chi connectivity index (χ0n) is 7.40. The molecule has 0 aliphatic rings. The molecule has 0 spiro atoms. The molecule has 1 aromatic heterocycles. The zero-order chi connectivity index (χ0) is 9.97. The standard InChI is InChI=1S/C10H9N3O/c11-9(14)7-1-3-8(4-2-7)10-12-5-6-13-10/h1-6H,(H2,11,14)(H,12,13). The van der Waals surface area contributed by atoms with Crippen molar-refractivity contribution in [1.29, 1.82) is 0 Å². The minimum atomic E-state index is -0.420. The molecule has 0 aliphatic carbocycles. The fraction of sp³-hybridized carbons (Fsp3) is 0. The minimum absolute atomic E-state index is 0.420. The molecule has 0 saturated carbocycles. The number of H-pyrrole nitrogens is 1. The second kappa shape index (κ2) is 3.33. The minimum Gasteiger partial charge on any atom is -0.366 e. The highest BCUT2D eigenvalue weighted by molar-refractivity contribution is 5.93. The van der Waals surface area contributed by atoms with Gasteiger partial charge in [0.2, 0.25) is 5.91 Å². The average Bonchev–Trinajstić information content (AvgIpc) is 2.71. The average molecular weight is 187 g/mol. The van der Waals surface area contributed by atoms with Crippen LogP contribution in [0.5, 0.6) is 0 Å². The number of amides is 1. The summed E-state index contributed by atoms with van der Waals surface area (Å²) in [6.07, 6.45) is 3.43. The molecule has 0 atom stereocenters. The third-order valence-electron chi connectivity index (χ3n) is 1.94. The Morgan fingerprint density at radius 3 is 2.50 bits per heavy atom. The Hall–Kier alpha value is -2.10. The molecule has 4 heteroatoms. The van der Waals surface area contributed by atoms with Crippen LogP contribution in [-0.4, -0.2) is 15.9 Å². The van der Waals surface area contributed by atoms with E-state index in [1.165, 1.54) is 0 Å². The van der Waals surface area contributed by atoms with E-state index in [9.17, 15) is 4.79 Å². The van der Waals surface area contributed by atoms with Crippen molar-refractivity contribution in [2.24, 2.45) is 5.73 Å². The Kier molecular flexibility index (Phi) is 2.02. The van der Waals surface area contributed by atoms with E-state index in [1.54, 1.807) is 36.7 Å². The first-order valence-electron chi connectivity index (χ1n) is 4.17. The molecule has 0 radical (unpaired) electrons. The van der Waals surface area contributed by atoms with Crippen molar-refractivity contribution in [3.05, 3.63) is 42.2 Å². The molecule has 70 valence electrons. The number of nitrogens with two attached hydrogens (primary N) is 1. The van der Waals surface area contributed by atoms with Gasteiger partial charge in [0.15, 0.2) is 0 Å². The molecule has 0 aliphatic heterocycles. The van der Waals surface area contributed by atoms with E-state index in [1.807, 2.05) is 0 Å². The highest BCUT2D eigenvalue weighted by atomic mass is 16.1. The maximum atomic E-state index is 10.8. The van der Waals surface area contributed by atoms with Gasteiger partial charge in [0, 0.05) is 23.5 Å². The van der Waals surface area contributed by atoms with Crippen LogP contribution in [0.25, 0.3) is 11.4 Å². The fourth-order valence-electron chi connectivity index (χ4n) is 1.22. The van der Waals surface area contributed by atoms with E-state index in [2.05, 4.69) is 9.97 Å². The number of aromatic amines is 1. The molecule has 3 N–H and O–H groups in total. The van der Waals surface area contributed by atoms with Gasteiger partial charge in [-0.1, -0.05) is 12.1 Å². The first-order valence-corrected chi connectivity index (χ1v) is 4.17. The number of hydrogen-bond donors (Lipinski definition) is 2. The maximum Gasteiger partial charge on any atom is 0.248 e. The monoisotopic (exact) mass is 187 g/mol. The van der Waals surface area contributed by atoms with E-state index in [0.717, 1.165) is 11.4 Å². The van der Waals surface area contributed by atoms with Crippen molar-refractivity contribution in [3.8, 4) is 11.4 Å². The second-order valence-electron chi connectivity index (χ2n) is 2.88. The van der Waals surface area contributed by atoms with E-state index in [0.29, 0.717) is 5.56 Å². The van der Waals surface area contributed by atoms with Crippen molar-refractivity contribution in [3.63, 3.8) is 0 Å². The summed E-state index contributed by atoms with van der Waals surface area (Å²) < 4.78 is 0. The summed E-state index contributed by atoms with van der Waals surface area (Å²) >= 11 is 0. The highest BCUT2D eigenvalue weighted by Gasteiger charge is 2.02. The first-order chi connectivity index (χ1) is 6.77. The number of imidazole rings is 1. The van der Waals surface area contributed by atoms with Crippen LogP contribution in [0.4, 0.5) is 0 Å². The predicted octanol–water partition coefficient (Wildman–Crippen LogP) is 1.18. The SMILES string of the molecule is NC(=O)c1ccc(-c2ncc[nH]2)cc1. The molecule has 4 nitrogen and oxygen atoms in total. The lowest BCUT2D eigenvalue weighted by atomic mass is 10.1. The summed E-state index contributed by atoms with van der Waals surface area (Å²) in [5.74, 6) is 0.358. The van der Waals surface area contributed by atoms with Crippen molar-refractivity contribution in [2.75, 3.05) is 0 Å². The summed E-state index contributed by atoms with van der Waals surface area (Å²) in [6.45, 7) is 0. The Morgan fingerprint density at radius 2 is 2.00 bits per heavy atom. The van der Waals surface area contributed by atoms with Gasteiger partial charge in [-0.25, -0.2) is 4.98 Å². The Bertz CT molecular complexity index is 431. The topological polar surface area (TPSA) is 71.8 Å². The van der Waals surface area contributed by atoms with Crippen molar-refractivity contribution in [1.82, 2.24) is 9.97 Å². The van der Waals surface area contributed by atoms with Gasteiger partial charge >= 0.3 is 0 Å². The third-order valence-corrected chi connectivity index (χ3v) is 1.94. The molecule has 14 heavy (non-hydrogen) atoms. The molecule has 0 fully saturated rings. The largest absolute Gasteiger partial charge is 0.366 e. The molecule has 0 bridgehead atoms. The first kappa shape index (κ1) is 8.50. The lowest BCUT2D eigenvalue weighted by molar-refractivity contribution is 0.100. The molecule has 2 aromatic rings. The van der Waals surface area contributed by atoms with Gasteiger partial charge in [-0.15, -0.1) is 0 Å². The van der Waals surface area contributed by atoms with Gasteiger partial charge in [0.05, 0.1) is 0 Å². The van der Waals surface area contributed by atoms with E-state index in [-0.39, 0.29) is 0 Å². The number of benzene rings is 1. The molecular formula is C10H9N3O. The van der Waals surface area contributed by atoms with Crippen LogP contribution in [0.1, 0.15) is 10.4 Å². The number of carbonyl (C=O) groups excluding carboxylic acids is 1. The maximum absolute atomic E-state index is 10.8. The molecule has 1 heterocycles. The van der Waals surface area contributed by atoms with Gasteiger partial charge in [0.25, 0.3) is 0 Å². The summed E-state index contributed by atoms with van der Waals surface area (Å²) in [5, 5.41) is 0. The Balaban J connectivity index is 2.36. The second-order valence-corrected chi connectivity index (χ2v) is 2.88. The molecule has 0 unspecified atom stereocenters. The highest BCUT2D eigenvalue weighted by Crippen LogP contribution is 2.14. The van der Waals surface area contributed by atoms with Crippen LogP contribution in [-0.2, 0) is 0 Å². The van der Waals surface area contributed by atoms with Gasteiger partial charge in [-0.05, 0) is 12.1 Å². The van der Waals surface area contributed by atoms with E-state index < -0.39 is 5.91 Å². The number of primary amides is 1. The van der Waals surface area contributed by atoms with Gasteiger partial charge in [-0.3, -0.25) is 4.79 Å². The molecule has 1 aromatic carbocycles. The number of nitrogens with one attached hydrogen (secondary N) is 1. The smallest absolute Gasteiger partial charge is 0.248 e. The molecule has 0 saturated heterocycles. The number of carbonyl (C=O) groups is 1. The Labute approximate surface area is 80.8 Å². The lowest BCUT2D eigenvalue weighted by Crippen LogP contribution is -2.10. The number of hydrogen-bond acceptors (Lipinski definition) is 2. The normalized spacial score (nSPS) is 10.0. The number of rotatable bonds is 2. The number of aromatic nitrogens is 2. The van der Waals surface area contributed by atoms with Crippen molar-refractivity contribution >= 4 is 5.91 Å². The summed E-state index contributed by atoms with van der Waals surface area (Å²) in [5.41, 5.74) is 6.55. The van der Waals surface area contributed by atoms with Crippen LogP contribution in [0.2, 0.25) is 0 Å². The van der Waals surface area contributed by atoms with Crippen LogP contribution in [0.15, 0.2) is 36.7 Å². The van der Waals surface area contributed by atoms with E-state index >= 15 is 0 Å². The lowest BCUT2D eigenvalue weighted by Gasteiger charge is -1.98. The van der Waals surface area contributed by atoms with E-state index in [4.69, 9.17) is 5.73 Å². The summed E-state index contributed by atoms with van der Waals surface area (Å²) in [4.78, 5) is 17.9. The van der Waals surface area contributed by atoms with Crippen LogP contribution < -0.4 is 5.73 Å². The fourth-order valence-corrected chi connectivity index (χ4v) is 1.22. The van der Waals surface area contributed by atoms with Gasteiger partial charge in [0.1, 0.15) is 5.82 Å². The van der Waals surface area contributed by atoms with Crippen LogP contribution >= 0.6 is 0 Å².